The molecular weight excluding hydrogens is 226 g/mol. The molecule has 0 aliphatic rings. The number of halogens is 1. The van der Waals surface area contributed by atoms with Gasteiger partial charge < -0.3 is 0 Å². The molecule has 1 nitrogen and oxygen atoms in total. The minimum absolute atomic E-state index is 0.572. The summed E-state index contributed by atoms with van der Waals surface area (Å²) >= 11 is 3.72. The molecule has 0 spiro atoms. The van der Waals surface area contributed by atoms with Crippen LogP contribution in [0.4, 0.5) is 0 Å². The highest BCUT2D eigenvalue weighted by Gasteiger charge is 2.14. The third-order valence-electron chi connectivity index (χ3n) is 2.34. The second kappa shape index (κ2) is 5.38. The smallest absolute Gasteiger partial charge is 0.0270 e. The number of alkyl halides is 1. The van der Waals surface area contributed by atoms with E-state index in [1.54, 1.807) is 0 Å². The molecule has 0 fully saturated rings. The standard InChI is InChI=1S/C11H16BrN/c1-3-4-11(12)9(2)10-5-7-13-8-6-10/h5-9,11H,3-4H2,1-2H3. The number of nitrogens with zero attached hydrogens (tertiary/aromatic N) is 1. The molecular formula is C11H16BrN. The Kier molecular flexibility index (Phi) is 4.43. The van der Waals surface area contributed by atoms with E-state index in [0.29, 0.717) is 10.7 Å². The van der Waals surface area contributed by atoms with Gasteiger partial charge in [-0.1, -0.05) is 36.2 Å². The molecule has 0 aromatic carbocycles. The molecule has 1 aromatic rings. The zero-order valence-electron chi connectivity index (χ0n) is 8.20. The lowest BCUT2D eigenvalue weighted by Crippen LogP contribution is -2.08. The molecule has 2 atom stereocenters. The van der Waals surface area contributed by atoms with Crippen LogP contribution in [0.25, 0.3) is 0 Å². The summed E-state index contributed by atoms with van der Waals surface area (Å²) in [7, 11) is 0. The van der Waals surface area contributed by atoms with E-state index >= 15 is 0 Å². The topological polar surface area (TPSA) is 12.9 Å². The van der Waals surface area contributed by atoms with E-state index in [1.165, 1.54) is 18.4 Å². The summed E-state index contributed by atoms with van der Waals surface area (Å²) in [4.78, 5) is 4.60. The Hall–Kier alpha value is -0.370. The average Bonchev–Trinajstić information content (AvgIpc) is 2.18. The van der Waals surface area contributed by atoms with Gasteiger partial charge in [0, 0.05) is 17.2 Å². The van der Waals surface area contributed by atoms with Crippen molar-refractivity contribution >= 4 is 15.9 Å². The van der Waals surface area contributed by atoms with Gasteiger partial charge in [-0.2, -0.15) is 0 Å². The highest BCUT2D eigenvalue weighted by molar-refractivity contribution is 9.09. The summed E-state index contributed by atoms with van der Waals surface area (Å²) in [6.45, 7) is 4.47. The molecule has 0 aliphatic carbocycles. The van der Waals surface area contributed by atoms with E-state index in [2.05, 4.69) is 46.9 Å². The number of pyridine rings is 1. The van der Waals surface area contributed by atoms with Crippen LogP contribution in [0.3, 0.4) is 0 Å². The normalized spacial score (nSPS) is 15.3. The van der Waals surface area contributed by atoms with Crippen LogP contribution in [0.1, 0.15) is 38.2 Å². The molecule has 0 amide bonds. The van der Waals surface area contributed by atoms with Crippen LogP contribution in [-0.2, 0) is 0 Å². The Morgan fingerprint density at radius 1 is 1.38 bits per heavy atom. The second-order valence-electron chi connectivity index (χ2n) is 3.37. The van der Waals surface area contributed by atoms with Gasteiger partial charge in [0.15, 0.2) is 0 Å². The molecule has 0 saturated heterocycles. The van der Waals surface area contributed by atoms with Crippen molar-refractivity contribution in [1.82, 2.24) is 4.98 Å². The van der Waals surface area contributed by atoms with Gasteiger partial charge in [-0.05, 0) is 30.0 Å². The number of hydrogen-bond acceptors (Lipinski definition) is 1. The van der Waals surface area contributed by atoms with Crippen molar-refractivity contribution in [1.29, 1.82) is 0 Å². The largest absolute Gasteiger partial charge is 0.265 e. The summed E-state index contributed by atoms with van der Waals surface area (Å²) in [5, 5.41) is 0. The van der Waals surface area contributed by atoms with Crippen molar-refractivity contribution < 1.29 is 0 Å². The van der Waals surface area contributed by atoms with E-state index in [0.717, 1.165) is 0 Å². The fraction of sp³-hybridized carbons (Fsp3) is 0.545. The highest BCUT2D eigenvalue weighted by atomic mass is 79.9. The van der Waals surface area contributed by atoms with Crippen LogP contribution < -0.4 is 0 Å². The molecule has 0 N–H and O–H groups in total. The SMILES string of the molecule is CCCC(Br)C(C)c1ccncc1. The van der Waals surface area contributed by atoms with E-state index in [4.69, 9.17) is 0 Å². The number of hydrogen-bond donors (Lipinski definition) is 0. The molecule has 0 aliphatic heterocycles. The number of aromatic nitrogens is 1. The molecule has 0 bridgehead atoms. The predicted molar refractivity (Wildman–Crippen MR) is 60.3 cm³/mol. The summed E-state index contributed by atoms with van der Waals surface area (Å²) in [5.74, 6) is 0.572. The van der Waals surface area contributed by atoms with Gasteiger partial charge in [0.1, 0.15) is 0 Å². The maximum absolute atomic E-state index is 4.02. The molecule has 1 rings (SSSR count). The summed E-state index contributed by atoms with van der Waals surface area (Å²) in [6, 6.07) is 4.18. The van der Waals surface area contributed by atoms with Crippen molar-refractivity contribution in [2.75, 3.05) is 0 Å². The maximum Gasteiger partial charge on any atom is 0.0270 e. The predicted octanol–water partition coefficient (Wildman–Crippen LogP) is 3.75. The highest BCUT2D eigenvalue weighted by Crippen LogP contribution is 2.27. The minimum Gasteiger partial charge on any atom is -0.265 e. The summed E-state index contributed by atoms with van der Waals surface area (Å²) in [5.41, 5.74) is 1.37. The van der Waals surface area contributed by atoms with E-state index < -0.39 is 0 Å². The molecule has 2 unspecified atom stereocenters. The Bertz CT molecular complexity index is 235. The van der Waals surface area contributed by atoms with Gasteiger partial charge in [0.25, 0.3) is 0 Å². The number of rotatable bonds is 4. The van der Waals surface area contributed by atoms with E-state index in [-0.39, 0.29) is 0 Å². The molecule has 0 saturated carbocycles. The summed E-state index contributed by atoms with van der Waals surface area (Å²) in [6.07, 6.45) is 6.17. The van der Waals surface area contributed by atoms with Crippen molar-refractivity contribution in [3.05, 3.63) is 30.1 Å². The Morgan fingerprint density at radius 3 is 2.54 bits per heavy atom. The van der Waals surface area contributed by atoms with Crippen LogP contribution in [0.2, 0.25) is 0 Å². The third kappa shape index (κ3) is 3.11. The Balaban J connectivity index is 2.62. The minimum atomic E-state index is 0.572. The molecule has 2 heteroatoms. The zero-order chi connectivity index (χ0) is 9.68. The van der Waals surface area contributed by atoms with Crippen molar-refractivity contribution in [2.24, 2.45) is 0 Å². The van der Waals surface area contributed by atoms with Crippen LogP contribution in [0.15, 0.2) is 24.5 Å². The maximum atomic E-state index is 4.02. The van der Waals surface area contributed by atoms with Crippen LogP contribution in [-0.4, -0.2) is 9.81 Å². The first-order chi connectivity index (χ1) is 6.25. The average molecular weight is 242 g/mol. The first-order valence-electron chi connectivity index (χ1n) is 4.79. The van der Waals surface area contributed by atoms with Gasteiger partial charge in [-0.15, -0.1) is 0 Å². The molecule has 72 valence electrons. The fourth-order valence-corrected chi connectivity index (χ4v) is 2.16. The van der Waals surface area contributed by atoms with Crippen molar-refractivity contribution in [2.45, 2.75) is 37.4 Å². The molecule has 0 radical (unpaired) electrons. The lowest BCUT2D eigenvalue weighted by molar-refractivity contribution is 0.650. The van der Waals surface area contributed by atoms with Gasteiger partial charge in [-0.3, -0.25) is 4.98 Å². The van der Waals surface area contributed by atoms with E-state index in [9.17, 15) is 0 Å². The third-order valence-corrected chi connectivity index (χ3v) is 3.59. The Labute approximate surface area is 88.7 Å². The first kappa shape index (κ1) is 10.7. The fourth-order valence-electron chi connectivity index (χ4n) is 1.40. The van der Waals surface area contributed by atoms with Crippen LogP contribution >= 0.6 is 15.9 Å². The van der Waals surface area contributed by atoms with Gasteiger partial charge in [-0.25, -0.2) is 0 Å². The zero-order valence-corrected chi connectivity index (χ0v) is 9.79. The van der Waals surface area contributed by atoms with Crippen LogP contribution in [0, 0.1) is 0 Å². The van der Waals surface area contributed by atoms with Gasteiger partial charge >= 0.3 is 0 Å². The van der Waals surface area contributed by atoms with Gasteiger partial charge in [0.05, 0.1) is 0 Å². The van der Waals surface area contributed by atoms with E-state index in [1.807, 2.05) is 12.4 Å². The molecule has 1 heterocycles. The Morgan fingerprint density at radius 2 is 2.00 bits per heavy atom. The van der Waals surface area contributed by atoms with Crippen LogP contribution in [0.5, 0.6) is 0 Å². The molecule has 1 aromatic heterocycles. The lowest BCUT2D eigenvalue weighted by atomic mass is 9.96. The van der Waals surface area contributed by atoms with Gasteiger partial charge in [0.2, 0.25) is 0 Å². The lowest BCUT2D eigenvalue weighted by Gasteiger charge is -2.17. The quantitative estimate of drug-likeness (QED) is 0.733. The van der Waals surface area contributed by atoms with Crippen molar-refractivity contribution in [3.8, 4) is 0 Å². The van der Waals surface area contributed by atoms with Crippen molar-refractivity contribution in [3.63, 3.8) is 0 Å². The molecule has 13 heavy (non-hydrogen) atoms. The second-order valence-corrected chi connectivity index (χ2v) is 4.55. The monoisotopic (exact) mass is 241 g/mol. The summed E-state index contributed by atoms with van der Waals surface area (Å²) < 4.78 is 0. The first-order valence-corrected chi connectivity index (χ1v) is 5.71.